The fourth-order valence-electron chi connectivity index (χ4n) is 1.28. The van der Waals surface area contributed by atoms with Crippen LogP contribution in [0, 0.1) is 11.3 Å². The Hall–Kier alpha value is -1.91. The van der Waals surface area contributed by atoms with Gasteiger partial charge in [0.2, 0.25) is 0 Å². The topological polar surface area (TPSA) is 104 Å². The lowest BCUT2D eigenvalue weighted by Gasteiger charge is -2.09. The summed E-state index contributed by atoms with van der Waals surface area (Å²) in [5.41, 5.74) is 0.251. The van der Waals surface area contributed by atoms with Crippen molar-refractivity contribution >= 4 is 15.8 Å². The van der Waals surface area contributed by atoms with Crippen LogP contribution in [-0.2, 0) is 19.4 Å². The Kier molecular flexibility index (Phi) is 5.03. The fourth-order valence-corrected chi connectivity index (χ4v) is 2.43. The minimum atomic E-state index is -3.58. The number of rotatable bonds is 6. The fraction of sp³-hybridized carbons (Fsp3) is 0.333. The lowest BCUT2D eigenvalue weighted by molar-refractivity contribution is -0.148. The van der Waals surface area contributed by atoms with E-state index in [1.165, 1.54) is 31.2 Å². The van der Waals surface area contributed by atoms with Gasteiger partial charge in [-0.25, -0.2) is 13.2 Å². The van der Waals surface area contributed by atoms with Crippen molar-refractivity contribution < 1.29 is 23.1 Å². The van der Waals surface area contributed by atoms with Crippen molar-refractivity contribution in [2.45, 2.75) is 17.9 Å². The summed E-state index contributed by atoms with van der Waals surface area (Å²) in [7, 11) is -3.58. The maximum Gasteiger partial charge on any atom is 0.332 e. The van der Waals surface area contributed by atoms with Crippen LogP contribution in [0.5, 0.6) is 0 Å². The van der Waals surface area contributed by atoms with Gasteiger partial charge >= 0.3 is 5.97 Å². The average Bonchev–Trinajstić information content (AvgIpc) is 2.38. The number of nitriles is 1. The van der Waals surface area contributed by atoms with E-state index >= 15 is 0 Å². The van der Waals surface area contributed by atoms with E-state index < -0.39 is 21.9 Å². The van der Waals surface area contributed by atoms with E-state index in [0.717, 1.165) is 0 Å². The summed E-state index contributed by atoms with van der Waals surface area (Å²) in [4.78, 5) is 10.5. The zero-order chi connectivity index (χ0) is 14.5. The van der Waals surface area contributed by atoms with Crippen molar-refractivity contribution in [1.82, 2.24) is 0 Å². The smallest absolute Gasteiger partial charge is 0.332 e. The van der Waals surface area contributed by atoms with Crippen molar-refractivity contribution in [1.29, 1.82) is 5.26 Å². The van der Waals surface area contributed by atoms with Gasteiger partial charge in [0, 0.05) is 0 Å². The molecule has 19 heavy (non-hydrogen) atoms. The Morgan fingerprint density at radius 2 is 2.21 bits per heavy atom. The number of aliphatic carboxylic acids is 1. The number of nitrogens with zero attached hydrogens (tertiary/aromatic N) is 1. The van der Waals surface area contributed by atoms with Crippen molar-refractivity contribution in [3.63, 3.8) is 0 Å². The molecule has 6 nitrogen and oxygen atoms in total. The highest BCUT2D eigenvalue weighted by molar-refractivity contribution is 7.91. The highest BCUT2D eigenvalue weighted by Gasteiger charge is 2.17. The standard InChI is InChI=1S/C12H13NO5S/c1-9(12(14)15)18-5-6-19(16,17)11-4-2-3-10(7-11)8-13/h2-4,7,9H,5-6H2,1H3,(H,14,15)/t9-/m1/s1. The summed E-state index contributed by atoms with van der Waals surface area (Å²) >= 11 is 0. The van der Waals surface area contributed by atoms with Gasteiger partial charge in [-0.1, -0.05) is 6.07 Å². The summed E-state index contributed by atoms with van der Waals surface area (Å²) in [6.45, 7) is 1.11. The van der Waals surface area contributed by atoms with Crippen LogP contribution in [0.1, 0.15) is 12.5 Å². The first-order chi connectivity index (χ1) is 8.86. The number of carboxylic acid groups (broad SMARTS) is 1. The highest BCUT2D eigenvalue weighted by Crippen LogP contribution is 2.13. The SMILES string of the molecule is C[C@@H](OCCS(=O)(=O)c1cccc(C#N)c1)C(=O)O. The molecule has 0 amide bonds. The van der Waals surface area contributed by atoms with Gasteiger partial charge in [0.05, 0.1) is 28.9 Å². The van der Waals surface area contributed by atoms with E-state index in [9.17, 15) is 13.2 Å². The summed E-state index contributed by atoms with van der Waals surface area (Å²) in [5, 5.41) is 17.3. The molecule has 7 heteroatoms. The van der Waals surface area contributed by atoms with Crippen LogP contribution >= 0.6 is 0 Å². The minimum absolute atomic E-state index is 0.0260. The van der Waals surface area contributed by atoms with Crippen LogP contribution in [0.15, 0.2) is 29.2 Å². The monoisotopic (exact) mass is 283 g/mol. The molecule has 1 N–H and O–H groups in total. The zero-order valence-corrected chi connectivity index (χ0v) is 11.1. The summed E-state index contributed by atoms with van der Waals surface area (Å²) in [6, 6.07) is 7.50. The number of carbonyl (C=O) groups is 1. The normalized spacial score (nSPS) is 12.6. The number of sulfone groups is 1. The predicted octanol–water partition coefficient (Wildman–Crippen LogP) is 0.822. The predicted molar refractivity (Wildman–Crippen MR) is 66.3 cm³/mol. The van der Waals surface area contributed by atoms with Gasteiger partial charge in [-0.05, 0) is 25.1 Å². The quantitative estimate of drug-likeness (QED) is 0.828. The van der Waals surface area contributed by atoms with Crippen LogP contribution in [0.2, 0.25) is 0 Å². The van der Waals surface area contributed by atoms with Crippen molar-refractivity contribution in [2.75, 3.05) is 12.4 Å². The van der Waals surface area contributed by atoms with E-state index in [1.54, 1.807) is 0 Å². The van der Waals surface area contributed by atoms with E-state index in [0.29, 0.717) is 0 Å². The molecular weight excluding hydrogens is 270 g/mol. The van der Waals surface area contributed by atoms with E-state index in [-0.39, 0.29) is 22.8 Å². The Balaban J connectivity index is 2.71. The van der Waals surface area contributed by atoms with Crippen molar-refractivity contribution in [3.05, 3.63) is 29.8 Å². The van der Waals surface area contributed by atoms with Gasteiger partial charge in [0.1, 0.15) is 0 Å². The lowest BCUT2D eigenvalue weighted by atomic mass is 10.2. The summed E-state index contributed by atoms with van der Waals surface area (Å²) in [6.07, 6.45) is -1.05. The largest absolute Gasteiger partial charge is 0.479 e. The molecule has 1 aromatic rings. The third-order valence-electron chi connectivity index (χ3n) is 2.39. The Bertz CT molecular complexity index is 603. The first-order valence-corrected chi connectivity index (χ1v) is 7.09. The molecule has 0 unspecified atom stereocenters. The van der Waals surface area contributed by atoms with Gasteiger partial charge in [0.25, 0.3) is 0 Å². The lowest BCUT2D eigenvalue weighted by Crippen LogP contribution is -2.23. The molecule has 0 aliphatic carbocycles. The zero-order valence-electron chi connectivity index (χ0n) is 10.2. The number of carboxylic acids is 1. The van der Waals surface area contributed by atoms with Crippen LogP contribution in [0.3, 0.4) is 0 Å². The molecular formula is C12H13NO5S. The molecule has 1 aromatic carbocycles. The van der Waals surface area contributed by atoms with Gasteiger partial charge in [-0.2, -0.15) is 5.26 Å². The molecule has 0 aromatic heterocycles. The van der Waals surface area contributed by atoms with E-state index in [4.69, 9.17) is 15.1 Å². The second-order valence-corrected chi connectivity index (χ2v) is 5.92. The number of hydrogen-bond acceptors (Lipinski definition) is 5. The van der Waals surface area contributed by atoms with Gasteiger partial charge in [-0.15, -0.1) is 0 Å². The van der Waals surface area contributed by atoms with Crippen molar-refractivity contribution in [3.8, 4) is 6.07 Å². The Labute approximate surface area is 111 Å². The van der Waals surface area contributed by atoms with Crippen LogP contribution in [0.4, 0.5) is 0 Å². The molecule has 0 radical (unpaired) electrons. The third kappa shape index (κ3) is 4.35. The number of benzene rings is 1. The number of ether oxygens (including phenoxy) is 1. The third-order valence-corrected chi connectivity index (χ3v) is 4.07. The first kappa shape index (κ1) is 15.1. The maximum absolute atomic E-state index is 11.9. The molecule has 0 aliphatic rings. The molecule has 0 spiro atoms. The molecule has 1 atom stereocenters. The molecule has 102 valence electrons. The van der Waals surface area contributed by atoms with Gasteiger partial charge in [0.15, 0.2) is 15.9 Å². The minimum Gasteiger partial charge on any atom is -0.479 e. The van der Waals surface area contributed by atoms with Crippen molar-refractivity contribution in [2.24, 2.45) is 0 Å². The first-order valence-electron chi connectivity index (χ1n) is 5.44. The summed E-state index contributed by atoms with van der Waals surface area (Å²) < 4.78 is 28.7. The molecule has 0 aliphatic heterocycles. The average molecular weight is 283 g/mol. The van der Waals surface area contributed by atoms with E-state index in [2.05, 4.69) is 0 Å². The molecule has 0 fully saturated rings. The summed E-state index contributed by atoms with van der Waals surface area (Å²) in [5.74, 6) is -1.48. The maximum atomic E-state index is 11.9. The molecule has 0 saturated heterocycles. The number of hydrogen-bond donors (Lipinski definition) is 1. The van der Waals surface area contributed by atoms with Gasteiger partial charge in [-0.3, -0.25) is 0 Å². The molecule has 0 bridgehead atoms. The van der Waals surface area contributed by atoms with E-state index in [1.807, 2.05) is 6.07 Å². The van der Waals surface area contributed by atoms with Crippen LogP contribution in [-0.4, -0.2) is 38.0 Å². The molecule has 0 heterocycles. The van der Waals surface area contributed by atoms with Gasteiger partial charge < -0.3 is 9.84 Å². The second kappa shape index (κ2) is 6.31. The Morgan fingerprint density at radius 3 is 2.79 bits per heavy atom. The van der Waals surface area contributed by atoms with Crippen LogP contribution in [0.25, 0.3) is 0 Å². The van der Waals surface area contributed by atoms with Crippen LogP contribution < -0.4 is 0 Å². The second-order valence-electron chi connectivity index (χ2n) is 3.81. The highest BCUT2D eigenvalue weighted by atomic mass is 32.2. The molecule has 1 rings (SSSR count). The Morgan fingerprint density at radius 1 is 1.53 bits per heavy atom. The molecule has 0 saturated carbocycles.